The fourth-order valence-corrected chi connectivity index (χ4v) is 3.44. The fourth-order valence-electron chi connectivity index (χ4n) is 3.44. The van der Waals surface area contributed by atoms with Crippen LogP contribution in [0.25, 0.3) is 22.2 Å². The summed E-state index contributed by atoms with van der Waals surface area (Å²) >= 11 is 0. The second-order valence-electron chi connectivity index (χ2n) is 6.98. The van der Waals surface area contributed by atoms with Crippen LogP contribution in [0, 0.1) is 0 Å². The first-order chi connectivity index (χ1) is 14.2. The van der Waals surface area contributed by atoms with Crippen LogP contribution in [0.5, 0.6) is 0 Å². The van der Waals surface area contributed by atoms with Gasteiger partial charge in [-0.3, -0.25) is 4.79 Å². The highest BCUT2D eigenvalue weighted by Crippen LogP contribution is 2.25. The van der Waals surface area contributed by atoms with E-state index in [4.69, 9.17) is 4.98 Å². The lowest BCUT2D eigenvalue weighted by Crippen LogP contribution is -2.39. The molecular formula is C25H22N2O2. The Hall–Kier alpha value is -3.50. The molecule has 1 aromatic heterocycles. The molecule has 0 saturated carbocycles. The molecule has 0 unspecified atom stereocenters. The Balaban J connectivity index is 1.67. The van der Waals surface area contributed by atoms with Crippen LogP contribution >= 0.6 is 0 Å². The van der Waals surface area contributed by atoms with Gasteiger partial charge in [0.05, 0.1) is 29.4 Å². The zero-order chi connectivity index (χ0) is 20.1. The number of hydrogen-bond acceptors (Lipinski definition) is 3. The van der Waals surface area contributed by atoms with Gasteiger partial charge in [-0.2, -0.15) is 0 Å². The lowest BCUT2D eigenvalue weighted by molar-refractivity contribution is 0.0918. The van der Waals surface area contributed by atoms with E-state index in [2.05, 4.69) is 5.32 Å². The van der Waals surface area contributed by atoms with Crippen LogP contribution < -0.4 is 5.32 Å². The van der Waals surface area contributed by atoms with E-state index < -0.39 is 0 Å². The Bertz CT molecular complexity index is 1110. The molecule has 144 valence electrons. The number of amides is 1. The molecule has 1 atom stereocenters. The number of aromatic nitrogens is 1. The molecule has 2 N–H and O–H groups in total. The van der Waals surface area contributed by atoms with E-state index in [1.54, 1.807) is 0 Å². The van der Waals surface area contributed by atoms with Crippen molar-refractivity contribution in [3.8, 4) is 11.3 Å². The second kappa shape index (κ2) is 8.67. The van der Waals surface area contributed by atoms with Gasteiger partial charge in [-0.25, -0.2) is 4.98 Å². The highest BCUT2D eigenvalue weighted by molar-refractivity contribution is 6.07. The third-order valence-corrected chi connectivity index (χ3v) is 4.91. The van der Waals surface area contributed by atoms with E-state index in [0.717, 1.165) is 27.7 Å². The highest BCUT2D eigenvalue weighted by atomic mass is 16.3. The molecule has 1 heterocycles. The molecule has 1 amide bonds. The monoisotopic (exact) mass is 382 g/mol. The van der Waals surface area contributed by atoms with Crippen molar-refractivity contribution in [3.63, 3.8) is 0 Å². The van der Waals surface area contributed by atoms with Crippen LogP contribution in [0.2, 0.25) is 0 Å². The number of carbonyl (C=O) groups is 1. The van der Waals surface area contributed by atoms with Gasteiger partial charge in [-0.05, 0) is 24.1 Å². The number of rotatable bonds is 6. The predicted molar refractivity (Wildman–Crippen MR) is 116 cm³/mol. The minimum absolute atomic E-state index is 0.130. The summed E-state index contributed by atoms with van der Waals surface area (Å²) in [7, 11) is 0. The first-order valence-corrected chi connectivity index (χ1v) is 9.65. The number of para-hydroxylation sites is 1. The Kier molecular flexibility index (Phi) is 5.63. The SMILES string of the molecule is O=C(N[C@H](CO)Cc1ccccc1)c1cc(-c2ccccc2)nc2ccccc12. The predicted octanol–water partition coefficient (Wildman–Crippen LogP) is 4.24. The third kappa shape index (κ3) is 4.33. The summed E-state index contributed by atoms with van der Waals surface area (Å²) in [6.07, 6.45) is 0.567. The third-order valence-electron chi connectivity index (χ3n) is 4.91. The number of aliphatic hydroxyl groups excluding tert-OH is 1. The number of fused-ring (bicyclic) bond motifs is 1. The topological polar surface area (TPSA) is 62.2 Å². The molecule has 0 aliphatic heterocycles. The summed E-state index contributed by atoms with van der Waals surface area (Å²) < 4.78 is 0. The average Bonchev–Trinajstić information content (AvgIpc) is 2.79. The van der Waals surface area contributed by atoms with E-state index >= 15 is 0 Å². The van der Waals surface area contributed by atoms with Gasteiger partial charge < -0.3 is 10.4 Å². The van der Waals surface area contributed by atoms with Crippen molar-refractivity contribution >= 4 is 16.8 Å². The Morgan fingerprint density at radius 3 is 2.28 bits per heavy atom. The molecule has 0 fully saturated rings. The summed E-state index contributed by atoms with van der Waals surface area (Å²) in [6.45, 7) is -0.130. The Labute approximate surface area is 169 Å². The quantitative estimate of drug-likeness (QED) is 0.524. The average molecular weight is 382 g/mol. The number of hydrogen-bond donors (Lipinski definition) is 2. The van der Waals surface area contributed by atoms with Crippen molar-refractivity contribution in [3.05, 3.63) is 102 Å². The minimum atomic E-state index is -0.364. The molecule has 0 bridgehead atoms. The number of aliphatic hydroxyl groups is 1. The number of pyridine rings is 1. The number of carbonyl (C=O) groups excluding carboxylic acids is 1. The molecule has 4 rings (SSSR count). The number of nitrogens with zero attached hydrogens (tertiary/aromatic N) is 1. The normalized spacial score (nSPS) is 11.9. The summed E-state index contributed by atoms with van der Waals surface area (Å²) in [5.74, 6) is -0.212. The van der Waals surface area contributed by atoms with Crippen LogP contribution in [0.4, 0.5) is 0 Å². The second-order valence-corrected chi connectivity index (χ2v) is 6.98. The molecule has 4 heteroatoms. The zero-order valence-electron chi connectivity index (χ0n) is 16.0. The van der Waals surface area contributed by atoms with Gasteiger partial charge in [0.1, 0.15) is 0 Å². The Morgan fingerprint density at radius 1 is 0.897 bits per heavy atom. The van der Waals surface area contributed by atoms with Gasteiger partial charge in [0, 0.05) is 10.9 Å². The largest absolute Gasteiger partial charge is 0.394 e. The van der Waals surface area contributed by atoms with Crippen molar-refractivity contribution in [2.75, 3.05) is 6.61 Å². The molecule has 0 aliphatic rings. The van der Waals surface area contributed by atoms with Crippen LogP contribution in [-0.2, 0) is 6.42 Å². The molecular weight excluding hydrogens is 360 g/mol. The van der Waals surface area contributed by atoms with Crippen molar-refractivity contribution in [1.82, 2.24) is 10.3 Å². The van der Waals surface area contributed by atoms with E-state index in [9.17, 15) is 9.90 Å². The van der Waals surface area contributed by atoms with Crippen molar-refractivity contribution < 1.29 is 9.90 Å². The van der Waals surface area contributed by atoms with Gasteiger partial charge in [-0.15, -0.1) is 0 Å². The van der Waals surface area contributed by atoms with Crippen LogP contribution in [0.3, 0.4) is 0 Å². The van der Waals surface area contributed by atoms with Crippen LogP contribution in [0.1, 0.15) is 15.9 Å². The molecule has 29 heavy (non-hydrogen) atoms. The summed E-state index contributed by atoms with van der Waals surface area (Å²) in [5.41, 5.74) is 4.09. The minimum Gasteiger partial charge on any atom is -0.394 e. The van der Waals surface area contributed by atoms with Gasteiger partial charge in [0.15, 0.2) is 0 Å². The van der Waals surface area contributed by atoms with Crippen molar-refractivity contribution in [2.24, 2.45) is 0 Å². The molecule has 0 radical (unpaired) electrons. The summed E-state index contributed by atoms with van der Waals surface area (Å²) in [4.78, 5) is 17.9. The fraction of sp³-hybridized carbons (Fsp3) is 0.120. The van der Waals surface area contributed by atoms with E-state index in [0.29, 0.717) is 12.0 Å². The molecule has 4 nitrogen and oxygen atoms in total. The molecule has 0 saturated heterocycles. The van der Waals surface area contributed by atoms with Crippen LogP contribution in [-0.4, -0.2) is 28.6 Å². The first kappa shape index (κ1) is 18.8. The van der Waals surface area contributed by atoms with Gasteiger partial charge in [0.25, 0.3) is 5.91 Å². The van der Waals surface area contributed by atoms with Crippen molar-refractivity contribution in [2.45, 2.75) is 12.5 Å². The maximum atomic E-state index is 13.2. The van der Waals surface area contributed by atoms with Crippen molar-refractivity contribution in [1.29, 1.82) is 0 Å². The Morgan fingerprint density at radius 2 is 1.55 bits per heavy atom. The maximum absolute atomic E-state index is 13.2. The van der Waals surface area contributed by atoms with E-state index in [1.807, 2.05) is 91.0 Å². The molecule has 4 aromatic rings. The standard InChI is InChI=1S/C25H22N2O2/c28-17-20(15-18-9-3-1-4-10-18)26-25(29)22-16-24(19-11-5-2-6-12-19)27-23-14-8-7-13-21(22)23/h1-14,16,20,28H,15,17H2,(H,26,29)/t20-/m0/s1. The number of benzene rings is 3. The van der Waals surface area contributed by atoms with E-state index in [1.165, 1.54) is 0 Å². The molecule has 0 aliphatic carbocycles. The molecule has 3 aromatic carbocycles. The van der Waals surface area contributed by atoms with Crippen LogP contribution in [0.15, 0.2) is 91.0 Å². The smallest absolute Gasteiger partial charge is 0.252 e. The lowest BCUT2D eigenvalue weighted by atomic mass is 10.0. The summed E-state index contributed by atoms with van der Waals surface area (Å²) in [6, 6.07) is 28.7. The zero-order valence-corrected chi connectivity index (χ0v) is 16.0. The summed E-state index contributed by atoms with van der Waals surface area (Å²) in [5, 5.41) is 13.6. The highest BCUT2D eigenvalue weighted by Gasteiger charge is 2.17. The lowest BCUT2D eigenvalue weighted by Gasteiger charge is -2.18. The first-order valence-electron chi connectivity index (χ1n) is 9.65. The van der Waals surface area contributed by atoms with Gasteiger partial charge in [-0.1, -0.05) is 78.9 Å². The molecule has 0 spiro atoms. The maximum Gasteiger partial charge on any atom is 0.252 e. The van der Waals surface area contributed by atoms with E-state index in [-0.39, 0.29) is 18.6 Å². The van der Waals surface area contributed by atoms with Gasteiger partial charge in [0.2, 0.25) is 0 Å². The number of nitrogens with one attached hydrogen (secondary N) is 1. The van der Waals surface area contributed by atoms with Gasteiger partial charge >= 0.3 is 0 Å².